The summed E-state index contributed by atoms with van der Waals surface area (Å²) in [5.41, 5.74) is 0.950. The van der Waals surface area contributed by atoms with Crippen LogP contribution in [0.25, 0.3) is 0 Å². The van der Waals surface area contributed by atoms with Gasteiger partial charge in [0, 0.05) is 6.54 Å². The van der Waals surface area contributed by atoms with Crippen LogP contribution in [-0.2, 0) is 20.9 Å². The number of hydrogen-bond donors (Lipinski definition) is 1. The molecule has 1 saturated heterocycles. The van der Waals surface area contributed by atoms with Crippen LogP contribution in [0.5, 0.6) is 0 Å². The molecule has 1 fully saturated rings. The molecule has 19 heavy (non-hydrogen) atoms. The maximum atomic E-state index is 12.0. The Morgan fingerprint density at radius 1 is 1.42 bits per heavy atom. The zero-order valence-corrected chi connectivity index (χ0v) is 11.1. The molecular formula is C14H18N2O3. The monoisotopic (exact) mass is 262 g/mol. The van der Waals surface area contributed by atoms with E-state index in [4.69, 9.17) is 4.74 Å². The molecule has 0 spiro atoms. The highest BCUT2D eigenvalue weighted by Gasteiger charge is 2.35. The second-order valence-corrected chi connectivity index (χ2v) is 4.70. The summed E-state index contributed by atoms with van der Waals surface area (Å²) in [6, 6.07) is 8.79. The molecule has 5 nitrogen and oxygen atoms in total. The van der Waals surface area contributed by atoms with E-state index in [1.54, 1.807) is 18.9 Å². The number of rotatable bonds is 3. The number of nitrogens with one attached hydrogen (secondary N) is 1. The zero-order chi connectivity index (χ0) is 13.8. The maximum absolute atomic E-state index is 12.0. The summed E-state index contributed by atoms with van der Waals surface area (Å²) in [7, 11) is 1.76. The topological polar surface area (TPSA) is 58.6 Å². The summed E-state index contributed by atoms with van der Waals surface area (Å²) in [5, 5.41) is 2.71. The van der Waals surface area contributed by atoms with Gasteiger partial charge in [-0.25, -0.2) is 0 Å². The highest BCUT2D eigenvalue weighted by atomic mass is 16.5. The van der Waals surface area contributed by atoms with Crippen molar-refractivity contribution in [2.24, 2.45) is 0 Å². The molecule has 0 radical (unpaired) electrons. The van der Waals surface area contributed by atoms with Crippen LogP contribution in [0.4, 0.5) is 0 Å². The van der Waals surface area contributed by atoms with Gasteiger partial charge in [-0.15, -0.1) is 0 Å². The number of amides is 1. The largest absolute Gasteiger partial charge is 0.460 e. The third-order valence-corrected chi connectivity index (χ3v) is 3.45. The minimum Gasteiger partial charge on any atom is -0.460 e. The number of carbonyl (C=O) groups excluding carboxylic acids is 2. The van der Waals surface area contributed by atoms with E-state index < -0.39 is 6.04 Å². The fourth-order valence-corrected chi connectivity index (χ4v) is 2.02. The number of carbonyl (C=O) groups is 2. The van der Waals surface area contributed by atoms with Gasteiger partial charge in [0.05, 0.1) is 6.04 Å². The third-order valence-electron chi connectivity index (χ3n) is 3.45. The molecule has 0 aromatic heterocycles. The summed E-state index contributed by atoms with van der Waals surface area (Å²) in [5.74, 6) is -0.368. The van der Waals surface area contributed by atoms with E-state index in [0.29, 0.717) is 6.54 Å². The number of piperazine rings is 1. The van der Waals surface area contributed by atoms with Crippen LogP contribution >= 0.6 is 0 Å². The van der Waals surface area contributed by atoms with Crippen molar-refractivity contribution >= 4 is 11.9 Å². The summed E-state index contributed by atoms with van der Waals surface area (Å²) in [6.45, 7) is 2.33. The van der Waals surface area contributed by atoms with Gasteiger partial charge in [-0.1, -0.05) is 30.3 Å². The Kier molecular flexibility index (Phi) is 4.16. The number of hydrogen-bond acceptors (Lipinski definition) is 4. The van der Waals surface area contributed by atoms with Crippen LogP contribution in [0.3, 0.4) is 0 Å². The van der Waals surface area contributed by atoms with E-state index in [0.717, 1.165) is 5.56 Å². The van der Waals surface area contributed by atoms with Gasteiger partial charge in [-0.3, -0.25) is 14.5 Å². The fraction of sp³-hybridized carbons (Fsp3) is 0.429. The number of nitrogens with zero attached hydrogens (tertiary/aromatic N) is 1. The Morgan fingerprint density at radius 2 is 2.11 bits per heavy atom. The zero-order valence-electron chi connectivity index (χ0n) is 11.1. The average molecular weight is 262 g/mol. The van der Waals surface area contributed by atoms with E-state index in [-0.39, 0.29) is 24.5 Å². The van der Waals surface area contributed by atoms with Crippen LogP contribution in [-0.4, -0.2) is 42.5 Å². The molecule has 1 amide bonds. The molecule has 0 bridgehead atoms. The summed E-state index contributed by atoms with van der Waals surface area (Å²) in [6.07, 6.45) is 0. The molecule has 5 heteroatoms. The molecular weight excluding hydrogens is 244 g/mol. The van der Waals surface area contributed by atoms with Crippen molar-refractivity contribution < 1.29 is 14.3 Å². The van der Waals surface area contributed by atoms with Gasteiger partial charge in [0.1, 0.15) is 12.6 Å². The van der Waals surface area contributed by atoms with Crippen LogP contribution < -0.4 is 5.32 Å². The molecule has 0 aliphatic carbocycles. The number of benzene rings is 1. The van der Waals surface area contributed by atoms with Gasteiger partial charge >= 0.3 is 5.97 Å². The number of likely N-dealkylation sites (N-methyl/N-ethyl adjacent to an activating group) is 1. The quantitative estimate of drug-likeness (QED) is 0.808. The first-order valence-electron chi connectivity index (χ1n) is 6.30. The first kappa shape index (κ1) is 13.5. The lowest BCUT2D eigenvalue weighted by Crippen LogP contribution is -2.60. The van der Waals surface area contributed by atoms with Crippen molar-refractivity contribution in [1.82, 2.24) is 10.2 Å². The minimum absolute atomic E-state index is 0.0605. The third kappa shape index (κ3) is 3.12. The first-order chi connectivity index (χ1) is 9.09. The molecule has 1 aromatic rings. The smallest absolute Gasteiger partial charge is 0.325 e. The van der Waals surface area contributed by atoms with Gasteiger partial charge in [-0.2, -0.15) is 0 Å². The van der Waals surface area contributed by atoms with E-state index >= 15 is 0 Å². The van der Waals surface area contributed by atoms with E-state index in [2.05, 4.69) is 5.32 Å². The summed E-state index contributed by atoms with van der Waals surface area (Å²) < 4.78 is 5.29. The van der Waals surface area contributed by atoms with Crippen LogP contribution in [0, 0.1) is 0 Å². The Balaban J connectivity index is 1.91. The summed E-state index contributed by atoms with van der Waals surface area (Å²) >= 11 is 0. The Bertz CT molecular complexity index is 461. The van der Waals surface area contributed by atoms with Crippen molar-refractivity contribution in [2.45, 2.75) is 25.6 Å². The Hall–Kier alpha value is -1.88. The highest BCUT2D eigenvalue weighted by Crippen LogP contribution is 2.11. The molecule has 1 aliphatic heterocycles. The van der Waals surface area contributed by atoms with E-state index in [1.165, 1.54) is 0 Å². The van der Waals surface area contributed by atoms with Crippen LogP contribution in [0.15, 0.2) is 30.3 Å². The maximum Gasteiger partial charge on any atom is 0.325 e. The van der Waals surface area contributed by atoms with Gasteiger partial charge in [0.2, 0.25) is 5.91 Å². The predicted octanol–water partition coefficient (Wildman–Crippen LogP) is 0.548. The summed E-state index contributed by atoms with van der Waals surface area (Å²) in [4.78, 5) is 25.2. The minimum atomic E-state index is -0.420. The second-order valence-electron chi connectivity index (χ2n) is 4.70. The van der Waals surface area contributed by atoms with Gasteiger partial charge < -0.3 is 10.1 Å². The number of esters is 1. The SMILES string of the molecule is CC1C(=O)NCC(C(=O)OCc2ccccc2)N1C. The van der Waals surface area contributed by atoms with Gasteiger partial charge in [0.15, 0.2) is 0 Å². The lowest BCUT2D eigenvalue weighted by atomic mass is 10.1. The number of ether oxygens (including phenoxy) is 1. The Morgan fingerprint density at radius 3 is 2.79 bits per heavy atom. The van der Waals surface area contributed by atoms with Crippen molar-refractivity contribution in [2.75, 3.05) is 13.6 Å². The van der Waals surface area contributed by atoms with Crippen LogP contribution in [0.2, 0.25) is 0 Å². The molecule has 1 heterocycles. The van der Waals surface area contributed by atoms with Gasteiger partial charge in [0.25, 0.3) is 0 Å². The normalized spacial score (nSPS) is 23.8. The molecule has 1 N–H and O–H groups in total. The second kappa shape index (κ2) is 5.84. The molecule has 102 valence electrons. The standard InChI is InChI=1S/C14H18N2O3/c1-10-13(17)15-8-12(16(10)2)14(18)19-9-11-6-4-3-5-7-11/h3-7,10,12H,8-9H2,1-2H3,(H,15,17). The highest BCUT2D eigenvalue weighted by molar-refractivity contribution is 5.86. The first-order valence-corrected chi connectivity index (χ1v) is 6.30. The van der Waals surface area contributed by atoms with Crippen molar-refractivity contribution in [3.63, 3.8) is 0 Å². The lowest BCUT2D eigenvalue weighted by molar-refractivity contribution is -0.154. The molecule has 1 aliphatic rings. The Labute approximate surface area is 112 Å². The van der Waals surface area contributed by atoms with Crippen molar-refractivity contribution in [3.05, 3.63) is 35.9 Å². The fourth-order valence-electron chi connectivity index (χ4n) is 2.02. The van der Waals surface area contributed by atoms with E-state index in [1.807, 2.05) is 30.3 Å². The van der Waals surface area contributed by atoms with Gasteiger partial charge in [-0.05, 0) is 19.5 Å². The van der Waals surface area contributed by atoms with Crippen molar-refractivity contribution in [3.8, 4) is 0 Å². The van der Waals surface area contributed by atoms with Crippen LogP contribution in [0.1, 0.15) is 12.5 Å². The molecule has 2 atom stereocenters. The lowest BCUT2D eigenvalue weighted by Gasteiger charge is -2.35. The van der Waals surface area contributed by atoms with Crippen molar-refractivity contribution in [1.29, 1.82) is 0 Å². The molecule has 2 rings (SSSR count). The molecule has 2 unspecified atom stereocenters. The predicted molar refractivity (Wildman–Crippen MR) is 70.3 cm³/mol. The molecule has 0 saturated carbocycles. The molecule has 1 aromatic carbocycles. The average Bonchev–Trinajstić information content (AvgIpc) is 2.43. The van der Waals surface area contributed by atoms with E-state index in [9.17, 15) is 9.59 Å².